The molecule has 25 heavy (non-hydrogen) atoms. The summed E-state index contributed by atoms with van der Waals surface area (Å²) < 4.78 is 25.4. The molecule has 0 aromatic heterocycles. The SMILES string of the molecule is CS(=O)(=O)NCC1CC2CCN1CC2CN1CCc2ccccc2C1. The summed E-state index contributed by atoms with van der Waals surface area (Å²) in [7, 11) is -3.09. The molecule has 0 radical (unpaired) electrons. The second-order valence-corrected chi connectivity index (χ2v) is 9.90. The van der Waals surface area contributed by atoms with Crippen LogP contribution in [0.15, 0.2) is 24.3 Å². The van der Waals surface area contributed by atoms with Crippen LogP contribution in [0.3, 0.4) is 0 Å². The average Bonchev–Trinajstić information content (AvgIpc) is 2.60. The molecule has 4 heterocycles. The molecule has 138 valence electrons. The molecule has 1 aromatic carbocycles. The molecule has 0 spiro atoms. The van der Waals surface area contributed by atoms with Gasteiger partial charge in [0.15, 0.2) is 0 Å². The molecule has 2 bridgehead atoms. The monoisotopic (exact) mass is 363 g/mol. The van der Waals surface area contributed by atoms with Gasteiger partial charge in [0, 0.05) is 38.8 Å². The van der Waals surface area contributed by atoms with Crippen molar-refractivity contribution in [3.8, 4) is 0 Å². The van der Waals surface area contributed by atoms with Gasteiger partial charge < -0.3 is 0 Å². The number of hydrogen-bond donors (Lipinski definition) is 1. The van der Waals surface area contributed by atoms with Crippen LogP contribution in [0.2, 0.25) is 0 Å². The third kappa shape index (κ3) is 4.08. The summed E-state index contributed by atoms with van der Waals surface area (Å²) >= 11 is 0. The van der Waals surface area contributed by atoms with Gasteiger partial charge in [-0.15, -0.1) is 0 Å². The first-order chi connectivity index (χ1) is 12.0. The zero-order chi connectivity index (χ0) is 17.4. The van der Waals surface area contributed by atoms with Gasteiger partial charge in [-0.3, -0.25) is 9.80 Å². The second-order valence-electron chi connectivity index (χ2n) is 8.07. The minimum absolute atomic E-state index is 0.381. The summed E-state index contributed by atoms with van der Waals surface area (Å²) in [5.41, 5.74) is 3.00. The average molecular weight is 364 g/mol. The van der Waals surface area contributed by atoms with Crippen molar-refractivity contribution >= 4 is 10.0 Å². The van der Waals surface area contributed by atoms with E-state index in [1.807, 2.05) is 0 Å². The lowest BCUT2D eigenvalue weighted by atomic mass is 9.75. The van der Waals surface area contributed by atoms with Crippen LogP contribution < -0.4 is 4.72 Å². The van der Waals surface area contributed by atoms with Crippen LogP contribution in [0.1, 0.15) is 24.0 Å². The fourth-order valence-corrected chi connectivity index (χ4v) is 5.45. The number of hydrogen-bond acceptors (Lipinski definition) is 4. The third-order valence-corrected chi connectivity index (χ3v) is 6.99. The smallest absolute Gasteiger partial charge is 0.208 e. The van der Waals surface area contributed by atoms with E-state index in [1.54, 1.807) is 0 Å². The number of nitrogens with zero attached hydrogens (tertiary/aromatic N) is 2. The Morgan fingerprint density at radius 2 is 2.00 bits per heavy atom. The van der Waals surface area contributed by atoms with Crippen molar-refractivity contribution in [3.05, 3.63) is 35.4 Å². The molecule has 1 N–H and O–H groups in total. The molecular formula is C19H29N3O2S. The van der Waals surface area contributed by atoms with Crippen molar-refractivity contribution in [2.45, 2.75) is 31.8 Å². The van der Waals surface area contributed by atoms with Gasteiger partial charge in [0.25, 0.3) is 0 Å². The van der Waals surface area contributed by atoms with E-state index in [2.05, 4.69) is 38.8 Å². The Labute approximate surface area is 151 Å². The van der Waals surface area contributed by atoms with E-state index < -0.39 is 10.0 Å². The fraction of sp³-hybridized carbons (Fsp3) is 0.684. The van der Waals surface area contributed by atoms with Gasteiger partial charge in [0.05, 0.1) is 6.26 Å². The summed E-state index contributed by atoms with van der Waals surface area (Å²) in [5.74, 6) is 1.47. The van der Waals surface area contributed by atoms with Crippen molar-refractivity contribution in [1.29, 1.82) is 0 Å². The molecule has 5 rings (SSSR count). The first-order valence-electron chi connectivity index (χ1n) is 9.46. The van der Waals surface area contributed by atoms with E-state index in [-0.39, 0.29) is 0 Å². The van der Waals surface area contributed by atoms with Gasteiger partial charge >= 0.3 is 0 Å². The lowest BCUT2D eigenvalue weighted by Crippen LogP contribution is -2.58. The molecule has 3 saturated heterocycles. The quantitative estimate of drug-likeness (QED) is 0.857. The topological polar surface area (TPSA) is 52.7 Å². The molecule has 0 amide bonds. The van der Waals surface area contributed by atoms with E-state index in [4.69, 9.17) is 0 Å². The van der Waals surface area contributed by atoms with E-state index in [1.165, 1.54) is 36.9 Å². The Morgan fingerprint density at radius 1 is 1.20 bits per heavy atom. The summed E-state index contributed by atoms with van der Waals surface area (Å²) in [5, 5.41) is 0. The minimum Gasteiger partial charge on any atom is -0.299 e. The van der Waals surface area contributed by atoms with E-state index in [9.17, 15) is 8.42 Å². The number of benzene rings is 1. The number of nitrogens with one attached hydrogen (secondary N) is 1. The van der Waals surface area contributed by atoms with Crippen LogP contribution in [0.4, 0.5) is 0 Å². The minimum atomic E-state index is -3.09. The van der Waals surface area contributed by atoms with Gasteiger partial charge in [-0.2, -0.15) is 0 Å². The Morgan fingerprint density at radius 3 is 2.72 bits per heavy atom. The van der Waals surface area contributed by atoms with Crippen LogP contribution in [-0.4, -0.2) is 63.2 Å². The number of piperidine rings is 3. The highest BCUT2D eigenvalue weighted by Gasteiger charge is 2.40. The second kappa shape index (κ2) is 6.99. The van der Waals surface area contributed by atoms with E-state index in [0.29, 0.717) is 12.6 Å². The van der Waals surface area contributed by atoms with Crippen molar-refractivity contribution < 1.29 is 8.42 Å². The molecule has 5 nitrogen and oxygen atoms in total. The maximum atomic E-state index is 11.4. The molecule has 1 aromatic rings. The highest BCUT2D eigenvalue weighted by Crippen LogP contribution is 2.37. The van der Waals surface area contributed by atoms with Crippen molar-refractivity contribution in [2.75, 3.05) is 39.0 Å². The lowest BCUT2D eigenvalue weighted by molar-refractivity contribution is -0.0118. The van der Waals surface area contributed by atoms with E-state index in [0.717, 1.165) is 44.3 Å². The van der Waals surface area contributed by atoms with Gasteiger partial charge in [0.1, 0.15) is 0 Å². The van der Waals surface area contributed by atoms with E-state index >= 15 is 0 Å². The Bertz CT molecular complexity index is 721. The zero-order valence-electron chi connectivity index (χ0n) is 15.0. The van der Waals surface area contributed by atoms with Crippen molar-refractivity contribution in [1.82, 2.24) is 14.5 Å². The van der Waals surface area contributed by atoms with Gasteiger partial charge in [-0.1, -0.05) is 24.3 Å². The summed E-state index contributed by atoms with van der Waals surface area (Å²) in [6.07, 6.45) is 4.82. The highest BCUT2D eigenvalue weighted by atomic mass is 32.2. The molecule has 6 heteroatoms. The Balaban J connectivity index is 1.34. The number of rotatable bonds is 5. The first-order valence-corrected chi connectivity index (χ1v) is 11.3. The molecule has 4 unspecified atom stereocenters. The Hall–Kier alpha value is -0.950. The van der Waals surface area contributed by atoms with Crippen molar-refractivity contribution in [2.24, 2.45) is 11.8 Å². The maximum absolute atomic E-state index is 11.4. The summed E-state index contributed by atoms with van der Waals surface area (Å²) in [4.78, 5) is 5.14. The Kier molecular flexibility index (Phi) is 4.88. The molecule has 0 aliphatic carbocycles. The third-order valence-electron chi connectivity index (χ3n) is 6.30. The number of sulfonamides is 1. The van der Waals surface area contributed by atoms with Gasteiger partial charge in [-0.05, 0) is 48.8 Å². The molecule has 0 saturated carbocycles. The van der Waals surface area contributed by atoms with Crippen LogP contribution >= 0.6 is 0 Å². The zero-order valence-corrected chi connectivity index (χ0v) is 15.8. The highest BCUT2D eigenvalue weighted by molar-refractivity contribution is 7.88. The predicted molar refractivity (Wildman–Crippen MR) is 99.8 cm³/mol. The molecular weight excluding hydrogens is 334 g/mol. The van der Waals surface area contributed by atoms with Crippen LogP contribution in [0.25, 0.3) is 0 Å². The van der Waals surface area contributed by atoms with Crippen LogP contribution in [0.5, 0.6) is 0 Å². The fourth-order valence-electron chi connectivity index (χ4n) is 4.96. The summed E-state index contributed by atoms with van der Waals surface area (Å²) in [6.45, 7) is 6.25. The molecule has 4 aliphatic rings. The van der Waals surface area contributed by atoms with Crippen LogP contribution in [-0.2, 0) is 23.0 Å². The van der Waals surface area contributed by atoms with Crippen LogP contribution in [0, 0.1) is 11.8 Å². The normalized spacial score (nSPS) is 32.5. The molecule has 4 atom stereocenters. The summed E-state index contributed by atoms with van der Waals surface area (Å²) in [6, 6.07) is 9.21. The largest absolute Gasteiger partial charge is 0.299 e. The standard InChI is InChI=1S/C19H29N3O2S/c1-25(23,24)20-11-19-10-16-7-9-22(19)14-18(16)13-21-8-6-15-4-2-3-5-17(15)12-21/h2-5,16,18-20H,6-14H2,1H3. The lowest BCUT2D eigenvalue weighted by Gasteiger charge is -2.51. The first kappa shape index (κ1) is 17.5. The molecule has 3 fully saturated rings. The molecule has 4 aliphatic heterocycles. The predicted octanol–water partition coefficient (Wildman–Crippen LogP) is 1.30. The van der Waals surface area contributed by atoms with Gasteiger partial charge in [-0.25, -0.2) is 13.1 Å². The van der Waals surface area contributed by atoms with Crippen molar-refractivity contribution in [3.63, 3.8) is 0 Å². The maximum Gasteiger partial charge on any atom is 0.208 e. The van der Waals surface area contributed by atoms with Gasteiger partial charge in [0.2, 0.25) is 10.0 Å². The number of fused-ring (bicyclic) bond motifs is 4.